The smallest absolute Gasteiger partial charge is 0.338 e. The minimum atomic E-state index is -4.58. The van der Waals surface area contributed by atoms with Gasteiger partial charge in [0.25, 0.3) is 5.91 Å². The second kappa shape index (κ2) is 9.04. The third kappa shape index (κ3) is 5.04. The predicted octanol–water partition coefficient (Wildman–Crippen LogP) is 3.72. The van der Waals surface area contributed by atoms with E-state index in [1.165, 1.54) is 35.5 Å². The number of rotatable bonds is 4. The molecule has 1 amide bonds. The number of hydrogen-bond acceptors (Lipinski definition) is 6. The number of aliphatic imine (C=N–C) groups is 1. The lowest BCUT2D eigenvalue weighted by molar-refractivity contribution is -0.141. The molecule has 0 radical (unpaired) electrons. The van der Waals surface area contributed by atoms with Crippen molar-refractivity contribution in [1.29, 1.82) is 0 Å². The average molecular weight is 461 g/mol. The van der Waals surface area contributed by atoms with Gasteiger partial charge in [0.1, 0.15) is 11.5 Å². The maximum atomic E-state index is 13.9. The highest BCUT2D eigenvalue weighted by Gasteiger charge is 2.33. The molecule has 1 fully saturated rings. The Hall–Kier alpha value is -3.70. The lowest BCUT2D eigenvalue weighted by Gasteiger charge is -2.35. The SMILES string of the molecule is C[C@H]1CN(C(=O)c2cc(F)ccc2-n2nccn2)CC[C@H]1C=Nc1nccc(C(F)(F)F)n1. The summed E-state index contributed by atoms with van der Waals surface area (Å²) in [5.41, 5.74) is -0.553. The Morgan fingerprint density at radius 2 is 1.94 bits per heavy atom. The van der Waals surface area contributed by atoms with Crippen LogP contribution in [0.3, 0.4) is 0 Å². The number of carbonyl (C=O) groups is 1. The summed E-state index contributed by atoms with van der Waals surface area (Å²) in [6, 6.07) is 4.62. The quantitative estimate of drug-likeness (QED) is 0.437. The summed E-state index contributed by atoms with van der Waals surface area (Å²) < 4.78 is 52.3. The van der Waals surface area contributed by atoms with Crippen molar-refractivity contribution in [3.8, 4) is 5.69 Å². The van der Waals surface area contributed by atoms with Crippen LogP contribution in [0.4, 0.5) is 23.5 Å². The molecule has 1 aromatic carbocycles. The van der Waals surface area contributed by atoms with E-state index in [2.05, 4.69) is 25.2 Å². The van der Waals surface area contributed by atoms with Crippen molar-refractivity contribution < 1.29 is 22.4 Å². The first-order valence-electron chi connectivity index (χ1n) is 10.1. The van der Waals surface area contributed by atoms with Gasteiger partial charge in [-0.2, -0.15) is 28.2 Å². The number of benzene rings is 1. The third-order valence-corrected chi connectivity index (χ3v) is 5.40. The predicted molar refractivity (Wildman–Crippen MR) is 110 cm³/mol. The van der Waals surface area contributed by atoms with E-state index in [1.54, 1.807) is 4.90 Å². The number of halogens is 4. The highest BCUT2D eigenvalue weighted by Crippen LogP contribution is 2.29. The van der Waals surface area contributed by atoms with Crippen molar-refractivity contribution in [3.63, 3.8) is 0 Å². The lowest BCUT2D eigenvalue weighted by atomic mass is 9.87. The van der Waals surface area contributed by atoms with Gasteiger partial charge in [-0.3, -0.25) is 4.79 Å². The van der Waals surface area contributed by atoms with Crippen LogP contribution in [0, 0.1) is 17.7 Å². The number of nitrogens with zero attached hydrogens (tertiary/aromatic N) is 7. The highest BCUT2D eigenvalue weighted by atomic mass is 19.4. The van der Waals surface area contributed by atoms with Crippen LogP contribution in [-0.2, 0) is 6.18 Å². The van der Waals surface area contributed by atoms with E-state index in [0.717, 1.165) is 18.3 Å². The standard InChI is InChI=1S/C21H19F4N7O/c1-13-12-31(19(33)16-10-15(22)2-3-17(16)32-28-7-8-29-32)9-5-14(13)11-27-20-26-6-4-18(30-20)21(23,24)25/h2-4,6-8,10-11,13-14H,5,9,12H2,1H3/t13-,14-/m0/s1. The maximum Gasteiger partial charge on any atom is 0.433 e. The average Bonchev–Trinajstić information content (AvgIpc) is 3.32. The fraction of sp³-hybridized carbons (Fsp3) is 0.333. The summed E-state index contributed by atoms with van der Waals surface area (Å²) in [4.78, 5) is 27.2. The number of hydrogen-bond donors (Lipinski definition) is 0. The Labute approximate surface area is 186 Å². The minimum absolute atomic E-state index is 0.0444. The second-order valence-electron chi connectivity index (χ2n) is 7.68. The van der Waals surface area contributed by atoms with E-state index < -0.39 is 17.7 Å². The number of alkyl halides is 3. The summed E-state index contributed by atoms with van der Waals surface area (Å²) in [6.45, 7) is 2.64. The molecular weight excluding hydrogens is 442 g/mol. The van der Waals surface area contributed by atoms with E-state index in [1.807, 2.05) is 6.92 Å². The molecule has 1 aliphatic rings. The van der Waals surface area contributed by atoms with Gasteiger partial charge >= 0.3 is 6.18 Å². The second-order valence-corrected chi connectivity index (χ2v) is 7.68. The van der Waals surface area contributed by atoms with Crippen LogP contribution < -0.4 is 0 Å². The third-order valence-electron chi connectivity index (χ3n) is 5.40. The zero-order valence-corrected chi connectivity index (χ0v) is 17.4. The van der Waals surface area contributed by atoms with Gasteiger partial charge in [0.2, 0.25) is 5.95 Å². The Morgan fingerprint density at radius 3 is 2.64 bits per heavy atom. The zero-order valence-electron chi connectivity index (χ0n) is 17.4. The van der Waals surface area contributed by atoms with Crippen molar-refractivity contribution >= 4 is 18.1 Å². The fourth-order valence-corrected chi connectivity index (χ4v) is 3.66. The van der Waals surface area contributed by atoms with E-state index in [-0.39, 0.29) is 29.3 Å². The van der Waals surface area contributed by atoms with Gasteiger partial charge < -0.3 is 4.90 Å². The molecule has 33 heavy (non-hydrogen) atoms. The first-order valence-corrected chi connectivity index (χ1v) is 10.1. The van der Waals surface area contributed by atoms with Crippen LogP contribution in [0.5, 0.6) is 0 Å². The molecule has 2 atom stereocenters. The normalized spacial score (nSPS) is 19.2. The molecule has 3 heterocycles. The van der Waals surface area contributed by atoms with Gasteiger partial charge in [-0.25, -0.2) is 19.4 Å². The molecule has 8 nitrogen and oxygen atoms in total. The molecule has 2 aromatic heterocycles. The fourth-order valence-electron chi connectivity index (χ4n) is 3.66. The highest BCUT2D eigenvalue weighted by molar-refractivity contribution is 5.97. The van der Waals surface area contributed by atoms with E-state index in [0.29, 0.717) is 25.2 Å². The number of aromatic nitrogens is 5. The minimum Gasteiger partial charge on any atom is -0.338 e. The zero-order chi connectivity index (χ0) is 23.6. The van der Waals surface area contributed by atoms with Crippen molar-refractivity contribution in [2.75, 3.05) is 13.1 Å². The first kappa shape index (κ1) is 22.5. The largest absolute Gasteiger partial charge is 0.433 e. The molecule has 4 rings (SSSR count). The molecular formula is C21H19F4N7O. The van der Waals surface area contributed by atoms with E-state index in [9.17, 15) is 22.4 Å². The van der Waals surface area contributed by atoms with Crippen LogP contribution in [0.2, 0.25) is 0 Å². The molecule has 12 heteroatoms. The van der Waals surface area contributed by atoms with Crippen molar-refractivity contribution in [1.82, 2.24) is 29.9 Å². The van der Waals surface area contributed by atoms with Crippen molar-refractivity contribution in [2.45, 2.75) is 19.5 Å². The number of piperidine rings is 1. The van der Waals surface area contributed by atoms with Gasteiger partial charge in [0.15, 0.2) is 0 Å². The topological polar surface area (TPSA) is 89.2 Å². The molecule has 0 unspecified atom stereocenters. The van der Waals surface area contributed by atoms with Crippen molar-refractivity contribution in [2.24, 2.45) is 16.8 Å². The Bertz CT molecular complexity index is 1160. The van der Waals surface area contributed by atoms with Gasteiger partial charge in [0, 0.05) is 31.4 Å². The number of amides is 1. The summed E-state index contributed by atoms with van der Waals surface area (Å²) in [5, 5.41) is 8.04. The number of likely N-dealkylation sites (tertiary alicyclic amines) is 1. The van der Waals surface area contributed by atoms with E-state index >= 15 is 0 Å². The lowest BCUT2D eigenvalue weighted by Crippen LogP contribution is -2.43. The van der Waals surface area contributed by atoms with Gasteiger partial charge in [0.05, 0.1) is 23.6 Å². The molecule has 172 valence electrons. The number of carbonyl (C=O) groups excluding carboxylic acids is 1. The molecule has 0 aliphatic carbocycles. The van der Waals surface area contributed by atoms with Crippen molar-refractivity contribution in [3.05, 3.63) is 59.9 Å². The summed E-state index contributed by atoms with van der Waals surface area (Å²) >= 11 is 0. The summed E-state index contributed by atoms with van der Waals surface area (Å²) in [7, 11) is 0. The Morgan fingerprint density at radius 1 is 1.18 bits per heavy atom. The van der Waals surface area contributed by atoms with Crippen LogP contribution >= 0.6 is 0 Å². The Balaban J connectivity index is 1.47. The molecule has 0 spiro atoms. The summed E-state index contributed by atoms with van der Waals surface area (Å²) in [6.07, 6.45) is 1.41. The van der Waals surface area contributed by atoms with Gasteiger partial charge in [-0.05, 0) is 36.6 Å². The van der Waals surface area contributed by atoms with Crippen LogP contribution in [0.1, 0.15) is 29.4 Å². The molecule has 3 aromatic rings. The van der Waals surface area contributed by atoms with Crippen LogP contribution in [0.15, 0.2) is 47.8 Å². The Kier molecular flexibility index (Phi) is 6.16. The van der Waals surface area contributed by atoms with Crippen LogP contribution in [0.25, 0.3) is 5.69 Å². The summed E-state index contributed by atoms with van der Waals surface area (Å²) in [5.74, 6) is -1.31. The molecule has 0 N–H and O–H groups in total. The van der Waals surface area contributed by atoms with Gasteiger partial charge in [-0.15, -0.1) is 0 Å². The molecule has 1 saturated heterocycles. The molecule has 0 saturated carbocycles. The molecule has 0 bridgehead atoms. The monoisotopic (exact) mass is 461 g/mol. The maximum absolute atomic E-state index is 13.9. The van der Waals surface area contributed by atoms with Gasteiger partial charge in [-0.1, -0.05) is 6.92 Å². The van der Waals surface area contributed by atoms with E-state index in [4.69, 9.17) is 0 Å². The first-order chi connectivity index (χ1) is 15.7. The van der Waals surface area contributed by atoms with Crippen LogP contribution in [-0.4, -0.2) is 55.1 Å². The molecule has 1 aliphatic heterocycles.